The summed E-state index contributed by atoms with van der Waals surface area (Å²) in [6.07, 6.45) is 7.81. The van der Waals surface area contributed by atoms with E-state index in [1.165, 1.54) is 38.5 Å². The van der Waals surface area contributed by atoms with Gasteiger partial charge in [-0.1, -0.05) is 81.1 Å². The van der Waals surface area contributed by atoms with Crippen LogP contribution in [0.1, 0.15) is 93.9 Å². The minimum atomic E-state index is 0.395. The highest BCUT2D eigenvalue weighted by Gasteiger charge is 2.41. The Balaban J connectivity index is 5.01. The van der Waals surface area contributed by atoms with Crippen molar-refractivity contribution < 1.29 is 0 Å². The monoisotopic (exact) mass is 253 g/mol. The van der Waals surface area contributed by atoms with Gasteiger partial charge in [0, 0.05) is 0 Å². The lowest BCUT2D eigenvalue weighted by Crippen LogP contribution is -2.36. The zero-order chi connectivity index (χ0) is 14.4. The Morgan fingerprint density at radius 2 is 1.28 bits per heavy atom. The molecular weight excluding hydrogens is 216 g/mol. The molecule has 0 heteroatoms. The van der Waals surface area contributed by atoms with Crippen molar-refractivity contribution in [3.05, 3.63) is 5.92 Å². The molecule has 0 amide bonds. The third kappa shape index (κ3) is 4.28. The minimum Gasteiger partial charge on any atom is -0.0651 e. The van der Waals surface area contributed by atoms with Gasteiger partial charge in [0.2, 0.25) is 0 Å². The first kappa shape index (κ1) is 18.0. The van der Waals surface area contributed by atoms with E-state index in [0.29, 0.717) is 10.8 Å². The first-order valence-corrected chi connectivity index (χ1v) is 8.17. The zero-order valence-corrected chi connectivity index (χ0v) is 14.3. The van der Waals surface area contributed by atoms with Gasteiger partial charge in [0.1, 0.15) is 0 Å². The zero-order valence-electron chi connectivity index (χ0n) is 14.3. The van der Waals surface area contributed by atoms with Crippen LogP contribution in [0.2, 0.25) is 0 Å². The van der Waals surface area contributed by atoms with Crippen molar-refractivity contribution in [3.8, 4) is 0 Å². The summed E-state index contributed by atoms with van der Waals surface area (Å²) in [4.78, 5) is 0. The SMILES string of the molecule is CC[C](C(C)(C)CC(CC)CC)C(C)(CC)CC. The highest BCUT2D eigenvalue weighted by Crippen LogP contribution is 2.51. The molecule has 0 fully saturated rings. The topological polar surface area (TPSA) is 0 Å². The van der Waals surface area contributed by atoms with E-state index in [1.54, 1.807) is 5.92 Å². The van der Waals surface area contributed by atoms with Gasteiger partial charge in [0.05, 0.1) is 0 Å². The van der Waals surface area contributed by atoms with Crippen molar-refractivity contribution in [1.82, 2.24) is 0 Å². The number of hydrogen-bond donors (Lipinski definition) is 0. The van der Waals surface area contributed by atoms with Crippen LogP contribution in [0.4, 0.5) is 0 Å². The van der Waals surface area contributed by atoms with Crippen molar-refractivity contribution >= 4 is 0 Å². The van der Waals surface area contributed by atoms with Gasteiger partial charge in [0.25, 0.3) is 0 Å². The van der Waals surface area contributed by atoms with Gasteiger partial charge in [-0.2, -0.15) is 0 Å². The van der Waals surface area contributed by atoms with Crippen molar-refractivity contribution in [2.24, 2.45) is 16.7 Å². The van der Waals surface area contributed by atoms with Crippen molar-refractivity contribution in [2.75, 3.05) is 0 Å². The molecule has 0 unspecified atom stereocenters. The Hall–Kier alpha value is 0. The summed E-state index contributed by atoms with van der Waals surface area (Å²) in [5.41, 5.74) is 0.830. The van der Waals surface area contributed by atoms with E-state index in [0.717, 1.165) is 5.92 Å². The lowest BCUT2D eigenvalue weighted by atomic mass is 9.58. The van der Waals surface area contributed by atoms with E-state index in [9.17, 15) is 0 Å². The molecule has 0 saturated heterocycles. The first-order valence-electron chi connectivity index (χ1n) is 8.17. The Bertz CT molecular complexity index is 206. The molecular formula is C18H37. The first-order chi connectivity index (χ1) is 8.31. The molecule has 0 N–H and O–H groups in total. The maximum absolute atomic E-state index is 2.48. The fourth-order valence-corrected chi connectivity index (χ4v) is 3.82. The van der Waals surface area contributed by atoms with E-state index in [-0.39, 0.29) is 0 Å². The predicted molar refractivity (Wildman–Crippen MR) is 84.7 cm³/mol. The second kappa shape index (κ2) is 7.56. The molecule has 0 bridgehead atoms. The van der Waals surface area contributed by atoms with Crippen LogP contribution in [0.5, 0.6) is 0 Å². The summed E-state index contributed by atoms with van der Waals surface area (Å²) in [7, 11) is 0. The van der Waals surface area contributed by atoms with Gasteiger partial charge in [-0.15, -0.1) is 0 Å². The normalized spacial score (nSPS) is 13.7. The Morgan fingerprint density at radius 3 is 1.56 bits per heavy atom. The summed E-state index contributed by atoms with van der Waals surface area (Å²) >= 11 is 0. The highest BCUT2D eigenvalue weighted by atomic mass is 14.5. The Kier molecular flexibility index (Phi) is 7.56. The quantitative estimate of drug-likeness (QED) is 0.431. The molecule has 0 aliphatic carbocycles. The smallest absolute Gasteiger partial charge is 0.0128 e. The lowest BCUT2D eigenvalue weighted by molar-refractivity contribution is 0.163. The van der Waals surface area contributed by atoms with Crippen LogP contribution < -0.4 is 0 Å². The van der Waals surface area contributed by atoms with E-state index in [4.69, 9.17) is 0 Å². The molecule has 109 valence electrons. The largest absolute Gasteiger partial charge is 0.0651 e. The van der Waals surface area contributed by atoms with Gasteiger partial charge in [-0.25, -0.2) is 0 Å². The van der Waals surface area contributed by atoms with Gasteiger partial charge in [-0.05, 0) is 35.5 Å². The molecule has 0 rings (SSSR count). The number of rotatable bonds is 9. The average molecular weight is 253 g/mol. The fraction of sp³-hybridized carbons (Fsp3) is 0.944. The molecule has 0 spiro atoms. The van der Waals surface area contributed by atoms with Crippen LogP contribution in [0.15, 0.2) is 0 Å². The summed E-state index contributed by atoms with van der Waals surface area (Å²) in [5.74, 6) is 2.69. The van der Waals surface area contributed by atoms with Crippen LogP contribution >= 0.6 is 0 Å². The fourth-order valence-electron chi connectivity index (χ4n) is 3.82. The molecule has 0 atom stereocenters. The van der Waals surface area contributed by atoms with Crippen molar-refractivity contribution in [1.29, 1.82) is 0 Å². The van der Waals surface area contributed by atoms with Crippen LogP contribution in [-0.4, -0.2) is 0 Å². The minimum absolute atomic E-state index is 0.395. The molecule has 0 aromatic carbocycles. The predicted octanol–water partition coefficient (Wildman–Crippen LogP) is 6.65. The van der Waals surface area contributed by atoms with Crippen LogP contribution in [0.3, 0.4) is 0 Å². The lowest BCUT2D eigenvalue weighted by Gasteiger charge is -2.46. The van der Waals surface area contributed by atoms with Crippen molar-refractivity contribution in [3.63, 3.8) is 0 Å². The molecule has 0 aliphatic rings. The number of hydrogen-bond acceptors (Lipinski definition) is 0. The molecule has 0 saturated carbocycles. The van der Waals surface area contributed by atoms with Gasteiger partial charge in [0.15, 0.2) is 0 Å². The average Bonchev–Trinajstić information content (AvgIpc) is 2.35. The summed E-state index contributed by atoms with van der Waals surface area (Å²) in [6.45, 7) is 19.2. The van der Waals surface area contributed by atoms with E-state index in [1.807, 2.05) is 0 Å². The molecule has 0 aromatic rings. The summed E-state index contributed by atoms with van der Waals surface area (Å²) in [6, 6.07) is 0. The maximum Gasteiger partial charge on any atom is -0.0128 e. The van der Waals surface area contributed by atoms with E-state index >= 15 is 0 Å². The van der Waals surface area contributed by atoms with Crippen molar-refractivity contribution in [2.45, 2.75) is 93.9 Å². The van der Waals surface area contributed by atoms with E-state index < -0.39 is 0 Å². The van der Waals surface area contributed by atoms with Crippen LogP contribution in [0, 0.1) is 22.7 Å². The van der Waals surface area contributed by atoms with Crippen LogP contribution in [-0.2, 0) is 0 Å². The molecule has 0 nitrogen and oxygen atoms in total. The second-order valence-corrected chi connectivity index (χ2v) is 6.87. The highest BCUT2D eigenvalue weighted by molar-refractivity contribution is 5.12. The van der Waals surface area contributed by atoms with Gasteiger partial charge in [-0.3, -0.25) is 0 Å². The molecule has 1 radical (unpaired) electrons. The second-order valence-electron chi connectivity index (χ2n) is 6.87. The van der Waals surface area contributed by atoms with Gasteiger partial charge >= 0.3 is 0 Å². The third-order valence-electron chi connectivity index (χ3n) is 5.41. The van der Waals surface area contributed by atoms with E-state index in [2.05, 4.69) is 55.4 Å². The van der Waals surface area contributed by atoms with Crippen LogP contribution in [0.25, 0.3) is 0 Å². The Labute approximate surface area is 117 Å². The van der Waals surface area contributed by atoms with Gasteiger partial charge < -0.3 is 0 Å². The Morgan fingerprint density at radius 1 is 0.833 bits per heavy atom. The summed E-state index contributed by atoms with van der Waals surface area (Å²) in [5, 5.41) is 0. The summed E-state index contributed by atoms with van der Waals surface area (Å²) < 4.78 is 0. The third-order valence-corrected chi connectivity index (χ3v) is 5.41. The molecule has 0 aromatic heterocycles. The molecule has 18 heavy (non-hydrogen) atoms. The standard InChI is InChI=1S/C18H37/c1-9-15(10-2)14-17(6,7)16(11-3)18(8,12-4)13-5/h15H,9-14H2,1-8H3. The maximum atomic E-state index is 2.48. The molecule has 0 aliphatic heterocycles. The molecule has 0 heterocycles.